The van der Waals surface area contributed by atoms with E-state index in [0.29, 0.717) is 6.61 Å². The Morgan fingerprint density at radius 3 is 2.80 bits per heavy atom. The van der Waals surface area contributed by atoms with Gasteiger partial charge < -0.3 is 10.5 Å². The van der Waals surface area contributed by atoms with Gasteiger partial charge in [0.1, 0.15) is 0 Å². The number of hydrogen-bond acceptors (Lipinski definition) is 2. The van der Waals surface area contributed by atoms with Crippen LogP contribution in [-0.2, 0) is 11.3 Å². The van der Waals surface area contributed by atoms with Crippen molar-refractivity contribution in [3.8, 4) is 0 Å². The molecule has 15 heavy (non-hydrogen) atoms. The smallest absolute Gasteiger partial charge is 0.0769 e. The van der Waals surface area contributed by atoms with Crippen LogP contribution in [0.1, 0.15) is 18.4 Å². The van der Waals surface area contributed by atoms with Crippen molar-refractivity contribution < 1.29 is 4.74 Å². The Kier molecular flexibility index (Phi) is 3.54. The summed E-state index contributed by atoms with van der Waals surface area (Å²) in [5.41, 5.74) is 7.14. The third-order valence-corrected chi connectivity index (χ3v) is 2.71. The van der Waals surface area contributed by atoms with E-state index < -0.39 is 0 Å². The molecule has 1 aromatic rings. The van der Waals surface area contributed by atoms with Gasteiger partial charge >= 0.3 is 0 Å². The lowest BCUT2D eigenvalue weighted by Crippen LogP contribution is -2.36. The molecule has 0 saturated carbocycles. The summed E-state index contributed by atoms with van der Waals surface area (Å²) in [4.78, 5) is 0. The lowest BCUT2D eigenvalue weighted by Gasteiger charge is -2.24. The average molecular weight is 203 g/mol. The number of hydrogen-bond donors (Lipinski definition) is 1. The highest BCUT2D eigenvalue weighted by atomic mass is 16.5. The monoisotopic (exact) mass is 203 g/mol. The molecule has 1 aliphatic rings. The van der Waals surface area contributed by atoms with Crippen LogP contribution in [0.3, 0.4) is 0 Å². The zero-order valence-corrected chi connectivity index (χ0v) is 8.80. The quantitative estimate of drug-likeness (QED) is 0.765. The van der Waals surface area contributed by atoms with Gasteiger partial charge in [0.25, 0.3) is 0 Å². The van der Waals surface area contributed by atoms with Crippen molar-refractivity contribution in [1.82, 2.24) is 0 Å². The highest BCUT2D eigenvalue weighted by Crippen LogP contribution is 2.15. The third kappa shape index (κ3) is 2.91. The fraction of sp³-hybridized carbons (Fsp3) is 0.385. The molecule has 0 bridgehead atoms. The first-order valence-corrected chi connectivity index (χ1v) is 5.44. The van der Waals surface area contributed by atoms with E-state index in [9.17, 15) is 0 Å². The zero-order chi connectivity index (χ0) is 10.5. The van der Waals surface area contributed by atoms with E-state index in [1.807, 2.05) is 24.3 Å². The van der Waals surface area contributed by atoms with Crippen molar-refractivity contribution in [2.45, 2.75) is 31.6 Å². The summed E-state index contributed by atoms with van der Waals surface area (Å²) in [5.74, 6) is 0. The average Bonchev–Trinajstić information content (AvgIpc) is 2.29. The molecule has 0 spiro atoms. The van der Waals surface area contributed by atoms with Crippen LogP contribution in [0.4, 0.5) is 0 Å². The minimum absolute atomic E-state index is 0.0578. The summed E-state index contributed by atoms with van der Waals surface area (Å²) in [6, 6.07) is 10.3. The van der Waals surface area contributed by atoms with Gasteiger partial charge in [0.2, 0.25) is 0 Å². The van der Waals surface area contributed by atoms with Gasteiger partial charge in [-0.15, -0.1) is 0 Å². The summed E-state index contributed by atoms with van der Waals surface area (Å²) < 4.78 is 5.80. The van der Waals surface area contributed by atoms with Crippen molar-refractivity contribution in [2.24, 2.45) is 5.73 Å². The van der Waals surface area contributed by atoms with Crippen LogP contribution in [-0.4, -0.2) is 12.1 Å². The van der Waals surface area contributed by atoms with E-state index in [1.165, 1.54) is 5.56 Å². The van der Waals surface area contributed by atoms with E-state index in [1.54, 1.807) is 0 Å². The number of ether oxygens (including phenoxy) is 1. The molecule has 2 N–H and O–H groups in total. The Morgan fingerprint density at radius 1 is 1.27 bits per heavy atom. The lowest BCUT2D eigenvalue weighted by atomic mass is 10.0. The van der Waals surface area contributed by atoms with Crippen molar-refractivity contribution in [3.63, 3.8) is 0 Å². The van der Waals surface area contributed by atoms with Crippen molar-refractivity contribution in [1.29, 1.82) is 0 Å². The first kappa shape index (κ1) is 10.4. The van der Waals surface area contributed by atoms with E-state index in [0.717, 1.165) is 12.8 Å². The van der Waals surface area contributed by atoms with Crippen LogP contribution in [0.15, 0.2) is 42.5 Å². The fourth-order valence-electron chi connectivity index (χ4n) is 1.80. The maximum Gasteiger partial charge on any atom is 0.0769 e. The van der Waals surface area contributed by atoms with Gasteiger partial charge in [-0.05, 0) is 18.4 Å². The third-order valence-electron chi connectivity index (χ3n) is 2.71. The molecule has 0 fully saturated rings. The minimum Gasteiger partial charge on any atom is -0.372 e. The molecule has 2 atom stereocenters. The topological polar surface area (TPSA) is 35.2 Å². The van der Waals surface area contributed by atoms with E-state index >= 15 is 0 Å². The maximum atomic E-state index is 5.93. The highest BCUT2D eigenvalue weighted by Gasteiger charge is 2.18. The van der Waals surface area contributed by atoms with Crippen LogP contribution in [0.2, 0.25) is 0 Å². The second-order valence-electron chi connectivity index (χ2n) is 3.92. The molecule has 1 aromatic carbocycles. The zero-order valence-electron chi connectivity index (χ0n) is 8.80. The standard InChI is InChI=1S/C13H17NO/c14-12-8-4-5-9-13(12)15-10-11-6-2-1-3-7-11/h1-4,6-8,12-13H,5,9-10,14H2. The molecule has 0 amide bonds. The Bertz CT molecular complexity index is 321. The first-order valence-electron chi connectivity index (χ1n) is 5.44. The van der Waals surface area contributed by atoms with Crippen LogP contribution < -0.4 is 5.73 Å². The van der Waals surface area contributed by atoms with Gasteiger partial charge in [-0.2, -0.15) is 0 Å². The molecule has 0 saturated heterocycles. The van der Waals surface area contributed by atoms with Gasteiger partial charge in [0, 0.05) is 6.04 Å². The second kappa shape index (κ2) is 5.10. The highest BCUT2D eigenvalue weighted by molar-refractivity contribution is 5.13. The first-order chi connectivity index (χ1) is 7.36. The van der Waals surface area contributed by atoms with Gasteiger partial charge in [0.05, 0.1) is 12.7 Å². The van der Waals surface area contributed by atoms with Gasteiger partial charge in [-0.1, -0.05) is 42.5 Å². The van der Waals surface area contributed by atoms with E-state index in [-0.39, 0.29) is 12.1 Å². The molecule has 1 aliphatic carbocycles. The molecule has 2 unspecified atom stereocenters. The van der Waals surface area contributed by atoms with Crippen molar-refractivity contribution in [2.75, 3.05) is 0 Å². The van der Waals surface area contributed by atoms with Crippen LogP contribution in [0.25, 0.3) is 0 Å². The van der Waals surface area contributed by atoms with Crippen LogP contribution >= 0.6 is 0 Å². The van der Waals surface area contributed by atoms with Gasteiger partial charge in [-0.25, -0.2) is 0 Å². The molecule has 0 heterocycles. The number of benzene rings is 1. The summed E-state index contributed by atoms with van der Waals surface area (Å²) in [6.45, 7) is 0.660. The number of allylic oxidation sites excluding steroid dienone is 1. The molecule has 80 valence electrons. The Labute approximate surface area is 90.7 Å². The molecular weight excluding hydrogens is 186 g/mol. The Morgan fingerprint density at radius 2 is 2.07 bits per heavy atom. The van der Waals surface area contributed by atoms with Gasteiger partial charge in [0.15, 0.2) is 0 Å². The number of nitrogens with two attached hydrogens (primary N) is 1. The number of rotatable bonds is 3. The van der Waals surface area contributed by atoms with Gasteiger partial charge in [-0.3, -0.25) is 0 Å². The summed E-state index contributed by atoms with van der Waals surface area (Å²) in [7, 11) is 0. The Balaban J connectivity index is 1.85. The molecular formula is C13H17NO. The van der Waals surface area contributed by atoms with E-state index in [4.69, 9.17) is 10.5 Å². The molecule has 2 heteroatoms. The Hall–Kier alpha value is -1.12. The van der Waals surface area contributed by atoms with Crippen LogP contribution in [0.5, 0.6) is 0 Å². The van der Waals surface area contributed by atoms with Crippen molar-refractivity contribution in [3.05, 3.63) is 48.0 Å². The molecule has 0 aromatic heterocycles. The molecule has 0 radical (unpaired) electrons. The normalized spacial score (nSPS) is 25.4. The lowest BCUT2D eigenvalue weighted by molar-refractivity contribution is 0.0250. The maximum absolute atomic E-state index is 5.93. The summed E-state index contributed by atoms with van der Waals surface area (Å²) in [5, 5.41) is 0. The predicted octanol–water partition coefficient (Wildman–Crippen LogP) is 2.25. The minimum atomic E-state index is 0.0578. The fourth-order valence-corrected chi connectivity index (χ4v) is 1.80. The molecule has 2 rings (SSSR count). The van der Waals surface area contributed by atoms with E-state index in [2.05, 4.69) is 18.2 Å². The molecule has 2 nitrogen and oxygen atoms in total. The predicted molar refractivity (Wildman–Crippen MR) is 61.4 cm³/mol. The SMILES string of the molecule is NC1C=CCCC1OCc1ccccc1. The summed E-state index contributed by atoms with van der Waals surface area (Å²) >= 11 is 0. The van der Waals surface area contributed by atoms with Crippen LogP contribution in [0, 0.1) is 0 Å². The largest absolute Gasteiger partial charge is 0.372 e. The summed E-state index contributed by atoms with van der Waals surface area (Å²) in [6.07, 6.45) is 6.46. The van der Waals surface area contributed by atoms with Crippen molar-refractivity contribution >= 4 is 0 Å². The second-order valence-corrected chi connectivity index (χ2v) is 3.92. The molecule has 0 aliphatic heterocycles.